The van der Waals surface area contributed by atoms with Crippen LogP contribution in [0.5, 0.6) is 0 Å². The van der Waals surface area contributed by atoms with Gasteiger partial charge in [0.2, 0.25) is 0 Å². The summed E-state index contributed by atoms with van der Waals surface area (Å²) in [5.41, 5.74) is 6.10. The van der Waals surface area contributed by atoms with Crippen LogP contribution in [0.3, 0.4) is 0 Å². The summed E-state index contributed by atoms with van der Waals surface area (Å²) < 4.78 is 5.62. The molecule has 5 nitrogen and oxygen atoms in total. The number of nitrogens with two attached hydrogens (primary N) is 1. The summed E-state index contributed by atoms with van der Waals surface area (Å²) >= 11 is 0. The second-order valence-electron chi connectivity index (χ2n) is 6.85. The van der Waals surface area contributed by atoms with Crippen molar-refractivity contribution >= 4 is 5.91 Å². The molecule has 3 N–H and O–H groups in total. The highest BCUT2D eigenvalue weighted by molar-refractivity contribution is 5.81. The Balaban J connectivity index is 1.85. The van der Waals surface area contributed by atoms with E-state index >= 15 is 0 Å². The summed E-state index contributed by atoms with van der Waals surface area (Å²) in [5, 5.41) is 10.3. The molecule has 0 bridgehead atoms. The molecule has 2 rings (SSSR count). The lowest BCUT2D eigenvalue weighted by molar-refractivity contribution is -0.153. The van der Waals surface area contributed by atoms with E-state index in [2.05, 4.69) is 0 Å². The van der Waals surface area contributed by atoms with Gasteiger partial charge >= 0.3 is 0 Å². The normalized spacial score (nSPS) is 31.0. The van der Waals surface area contributed by atoms with E-state index in [-0.39, 0.29) is 18.1 Å². The lowest BCUT2D eigenvalue weighted by Crippen LogP contribution is -2.55. The molecular formula is C16H30N2O3. The summed E-state index contributed by atoms with van der Waals surface area (Å²) in [6.07, 6.45) is 5.86. The van der Waals surface area contributed by atoms with Crippen LogP contribution in [-0.2, 0) is 9.53 Å². The molecule has 122 valence electrons. The van der Waals surface area contributed by atoms with Crippen LogP contribution in [0.1, 0.15) is 52.4 Å². The number of carbonyl (C=O) groups is 1. The van der Waals surface area contributed by atoms with Crippen molar-refractivity contribution < 1.29 is 14.6 Å². The van der Waals surface area contributed by atoms with Crippen LogP contribution in [0.2, 0.25) is 0 Å². The maximum atomic E-state index is 12.4. The third-order valence-corrected chi connectivity index (χ3v) is 4.72. The Morgan fingerprint density at radius 3 is 2.38 bits per heavy atom. The van der Waals surface area contributed by atoms with E-state index in [1.165, 1.54) is 32.1 Å². The third-order valence-electron chi connectivity index (χ3n) is 4.72. The van der Waals surface area contributed by atoms with Gasteiger partial charge in [-0.25, -0.2) is 0 Å². The van der Waals surface area contributed by atoms with Crippen LogP contribution in [0.15, 0.2) is 0 Å². The maximum absolute atomic E-state index is 12.4. The molecule has 0 spiro atoms. The average Bonchev–Trinajstić information content (AvgIpc) is 2.45. The van der Waals surface area contributed by atoms with Crippen molar-refractivity contribution in [3.05, 3.63) is 0 Å². The molecule has 4 atom stereocenters. The maximum Gasteiger partial charge on any atom is 0.253 e. The smallest absolute Gasteiger partial charge is 0.253 e. The van der Waals surface area contributed by atoms with Gasteiger partial charge in [-0.15, -0.1) is 0 Å². The first-order chi connectivity index (χ1) is 9.97. The first-order valence-corrected chi connectivity index (χ1v) is 8.35. The highest BCUT2D eigenvalue weighted by Crippen LogP contribution is 2.27. The Morgan fingerprint density at radius 1 is 1.24 bits per heavy atom. The minimum absolute atomic E-state index is 0.0134. The van der Waals surface area contributed by atoms with E-state index in [1.54, 1.807) is 4.90 Å². The number of hydrogen-bond donors (Lipinski definition) is 2. The van der Waals surface area contributed by atoms with Crippen molar-refractivity contribution in [2.24, 2.45) is 11.7 Å². The standard InChI is InChI=1S/C16H30N2O3/c1-11-9-18(10-12(2)21-11)16(20)15(19)14(17)8-13-6-4-3-5-7-13/h11-15,19H,3-10,17H2,1-2H3/t11-,12+,14?,15?. The van der Waals surface area contributed by atoms with Gasteiger partial charge in [-0.05, 0) is 26.2 Å². The lowest BCUT2D eigenvalue weighted by Gasteiger charge is -2.37. The molecule has 2 unspecified atom stereocenters. The van der Waals surface area contributed by atoms with Crippen molar-refractivity contribution in [3.8, 4) is 0 Å². The SMILES string of the molecule is C[C@@H]1CN(C(=O)C(O)C(N)CC2CCCCC2)C[C@H](C)O1. The molecule has 1 aliphatic carbocycles. The predicted octanol–water partition coefficient (Wildman–Crippen LogP) is 1.28. The van der Waals surface area contributed by atoms with E-state index in [1.807, 2.05) is 13.8 Å². The van der Waals surface area contributed by atoms with Crippen LogP contribution < -0.4 is 5.73 Å². The fraction of sp³-hybridized carbons (Fsp3) is 0.938. The third kappa shape index (κ3) is 4.66. The predicted molar refractivity (Wildman–Crippen MR) is 81.8 cm³/mol. The van der Waals surface area contributed by atoms with Crippen molar-refractivity contribution in [2.75, 3.05) is 13.1 Å². The molecular weight excluding hydrogens is 268 g/mol. The van der Waals surface area contributed by atoms with Crippen LogP contribution in [-0.4, -0.2) is 53.4 Å². The average molecular weight is 298 g/mol. The van der Waals surface area contributed by atoms with E-state index in [0.717, 1.165) is 6.42 Å². The number of aliphatic hydroxyl groups excluding tert-OH is 1. The van der Waals surface area contributed by atoms with E-state index in [0.29, 0.717) is 19.0 Å². The van der Waals surface area contributed by atoms with E-state index in [9.17, 15) is 9.90 Å². The topological polar surface area (TPSA) is 75.8 Å². The first-order valence-electron chi connectivity index (χ1n) is 8.35. The van der Waals surface area contributed by atoms with Crippen molar-refractivity contribution in [3.63, 3.8) is 0 Å². The van der Waals surface area contributed by atoms with Crippen molar-refractivity contribution in [1.82, 2.24) is 4.90 Å². The zero-order valence-electron chi connectivity index (χ0n) is 13.3. The largest absolute Gasteiger partial charge is 0.382 e. The van der Waals surface area contributed by atoms with Gasteiger partial charge < -0.3 is 20.5 Å². The van der Waals surface area contributed by atoms with Gasteiger partial charge in [0.15, 0.2) is 0 Å². The second kappa shape index (κ2) is 7.56. The number of amides is 1. The molecule has 2 aliphatic rings. The monoisotopic (exact) mass is 298 g/mol. The Bertz CT molecular complexity index is 334. The van der Waals surface area contributed by atoms with Crippen molar-refractivity contribution in [2.45, 2.75) is 76.7 Å². The lowest BCUT2D eigenvalue weighted by atomic mass is 9.84. The van der Waals surface area contributed by atoms with Gasteiger partial charge in [0.1, 0.15) is 6.10 Å². The van der Waals surface area contributed by atoms with E-state index in [4.69, 9.17) is 10.5 Å². The second-order valence-corrected chi connectivity index (χ2v) is 6.85. The number of carbonyl (C=O) groups excluding carboxylic acids is 1. The van der Waals surface area contributed by atoms with Crippen LogP contribution in [0.4, 0.5) is 0 Å². The van der Waals surface area contributed by atoms with Crippen LogP contribution in [0.25, 0.3) is 0 Å². The molecule has 0 aromatic carbocycles. The molecule has 1 heterocycles. The van der Waals surface area contributed by atoms with Crippen LogP contribution in [0, 0.1) is 5.92 Å². The number of nitrogens with zero attached hydrogens (tertiary/aromatic N) is 1. The number of aliphatic hydroxyl groups is 1. The molecule has 2 fully saturated rings. The Hall–Kier alpha value is -0.650. The molecule has 0 aromatic heterocycles. The Morgan fingerprint density at radius 2 is 1.81 bits per heavy atom. The Labute approximate surface area is 127 Å². The number of hydrogen-bond acceptors (Lipinski definition) is 4. The molecule has 0 aromatic rings. The summed E-state index contributed by atoms with van der Waals surface area (Å²) in [5.74, 6) is 0.332. The minimum Gasteiger partial charge on any atom is -0.382 e. The molecule has 1 aliphatic heterocycles. The molecule has 1 amide bonds. The quantitative estimate of drug-likeness (QED) is 0.820. The molecule has 0 radical (unpaired) electrons. The summed E-state index contributed by atoms with van der Waals surface area (Å²) in [4.78, 5) is 14.1. The van der Waals surface area contributed by atoms with Gasteiger partial charge in [0.05, 0.1) is 12.2 Å². The number of ether oxygens (including phenoxy) is 1. The van der Waals surface area contributed by atoms with Gasteiger partial charge in [0, 0.05) is 19.1 Å². The molecule has 5 heteroatoms. The molecule has 21 heavy (non-hydrogen) atoms. The fourth-order valence-corrected chi connectivity index (χ4v) is 3.66. The van der Waals surface area contributed by atoms with Crippen LogP contribution >= 0.6 is 0 Å². The summed E-state index contributed by atoms with van der Waals surface area (Å²) in [6, 6.07) is -0.450. The zero-order chi connectivity index (χ0) is 15.4. The first kappa shape index (κ1) is 16.7. The zero-order valence-corrected chi connectivity index (χ0v) is 13.3. The summed E-state index contributed by atoms with van der Waals surface area (Å²) in [6.45, 7) is 4.97. The van der Waals surface area contributed by atoms with E-state index < -0.39 is 12.1 Å². The fourth-order valence-electron chi connectivity index (χ4n) is 3.66. The van der Waals surface area contributed by atoms with Gasteiger partial charge in [-0.1, -0.05) is 32.1 Å². The highest BCUT2D eigenvalue weighted by Gasteiger charge is 2.33. The van der Waals surface area contributed by atoms with Crippen molar-refractivity contribution in [1.29, 1.82) is 0 Å². The number of rotatable bonds is 4. The molecule has 1 saturated heterocycles. The molecule has 1 saturated carbocycles. The van der Waals surface area contributed by atoms with Gasteiger partial charge in [-0.3, -0.25) is 4.79 Å². The highest BCUT2D eigenvalue weighted by atomic mass is 16.5. The van der Waals surface area contributed by atoms with Gasteiger partial charge in [0.25, 0.3) is 5.91 Å². The number of morpholine rings is 1. The Kier molecular flexibility index (Phi) is 6.02. The minimum atomic E-state index is -1.08. The van der Waals surface area contributed by atoms with Gasteiger partial charge in [-0.2, -0.15) is 0 Å². The summed E-state index contributed by atoms with van der Waals surface area (Å²) in [7, 11) is 0.